The number of nitrogens with two attached hydrogens (primary N) is 1. The predicted octanol–water partition coefficient (Wildman–Crippen LogP) is 6.39. The number of pyridine rings is 2. The molecule has 0 fully saturated rings. The van der Waals surface area contributed by atoms with Crippen molar-refractivity contribution in [1.82, 2.24) is 15.3 Å². The number of hydrogen-bond acceptors (Lipinski definition) is 9. The number of nitrogens with zero attached hydrogens (tertiary/aromatic N) is 4. The van der Waals surface area contributed by atoms with Gasteiger partial charge in [0.25, 0.3) is 16.0 Å². The summed E-state index contributed by atoms with van der Waals surface area (Å²) in [5.74, 6) is 0.381. The van der Waals surface area contributed by atoms with Crippen LogP contribution in [0.3, 0.4) is 0 Å². The Kier molecular flexibility index (Phi) is 8.90. The number of para-hydroxylation sites is 1. The Hall–Kier alpha value is -4.91. The normalized spacial score (nSPS) is 11.6. The van der Waals surface area contributed by atoms with Crippen molar-refractivity contribution in [3.8, 4) is 17.0 Å². The van der Waals surface area contributed by atoms with Gasteiger partial charge >= 0.3 is 0 Å². The van der Waals surface area contributed by atoms with Crippen LogP contribution in [0, 0.1) is 0 Å². The van der Waals surface area contributed by atoms with Gasteiger partial charge in [0.05, 0.1) is 24.2 Å². The van der Waals surface area contributed by atoms with Crippen LogP contribution in [-0.4, -0.2) is 42.0 Å². The Balaban J connectivity index is 1.25. The number of hydrogen-bond donors (Lipinski definition) is 3. The molecular formula is C30H25ClN6O5S. The van der Waals surface area contributed by atoms with Gasteiger partial charge in [-0.2, -0.15) is 8.42 Å². The van der Waals surface area contributed by atoms with Gasteiger partial charge in [-0.15, -0.1) is 10.2 Å². The summed E-state index contributed by atoms with van der Waals surface area (Å²) in [6.45, 7) is 0.770. The van der Waals surface area contributed by atoms with E-state index >= 15 is 0 Å². The van der Waals surface area contributed by atoms with Crippen molar-refractivity contribution < 1.29 is 22.5 Å². The number of carbonyl (C=O) groups excluding carboxylic acids is 1. The molecule has 0 unspecified atom stereocenters. The predicted molar refractivity (Wildman–Crippen MR) is 164 cm³/mol. The minimum atomic E-state index is -4.53. The summed E-state index contributed by atoms with van der Waals surface area (Å²) in [7, 11) is -4.53. The number of ether oxygens (including phenoxy) is 1. The molecule has 0 bridgehead atoms. The largest absolute Gasteiger partial charge is 0.493 e. The van der Waals surface area contributed by atoms with E-state index in [0.717, 1.165) is 5.56 Å². The summed E-state index contributed by atoms with van der Waals surface area (Å²) < 4.78 is 39.6. The highest BCUT2D eigenvalue weighted by molar-refractivity contribution is 7.86. The topological polar surface area (TPSA) is 169 Å². The molecule has 0 radical (unpaired) electrons. The minimum Gasteiger partial charge on any atom is -0.493 e. The molecule has 4 N–H and O–H groups in total. The fourth-order valence-electron chi connectivity index (χ4n) is 4.27. The number of rotatable bonds is 10. The number of amides is 1. The van der Waals surface area contributed by atoms with E-state index in [9.17, 15) is 17.8 Å². The SMILES string of the molecule is Nc1c(/N=N/c2ccc(-c3ccccc3OCCCNC(=O)c3ccnc(Cl)c3)nc2)cc(S(=O)(=O)O)c2ccccc12. The van der Waals surface area contributed by atoms with Gasteiger partial charge in [0, 0.05) is 34.6 Å². The van der Waals surface area contributed by atoms with Crippen molar-refractivity contribution >= 4 is 55.5 Å². The van der Waals surface area contributed by atoms with E-state index in [1.54, 1.807) is 42.5 Å². The van der Waals surface area contributed by atoms with E-state index in [1.165, 1.54) is 24.5 Å². The molecule has 0 aliphatic carbocycles. The first-order chi connectivity index (χ1) is 20.7. The van der Waals surface area contributed by atoms with Crippen LogP contribution < -0.4 is 15.8 Å². The second-order valence-electron chi connectivity index (χ2n) is 9.25. The average molecular weight is 617 g/mol. The van der Waals surface area contributed by atoms with Crippen LogP contribution >= 0.6 is 11.6 Å². The van der Waals surface area contributed by atoms with Gasteiger partial charge in [-0.25, -0.2) is 4.98 Å². The standard InChI is InChI=1S/C30H25ClN6O5S/c31-28-16-19(12-14-33-28)30(38)34-13-5-15-42-26-9-4-3-8-23(26)24-11-10-20(18-35-24)36-37-25-17-27(43(39,40)41)21-6-1-2-7-22(21)29(25)32/h1-4,6-12,14,16-18H,5,13,15,32H2,(H,34,38)(H,39,40,41)/b37-36+. The second-order valence-corrected chi connectivity index (χ2v) is 11.0. The molecule has 0 spiro atoms. The lowest BCUT2D eigenvalue weighted by atomic mass is 10.1. The first kappa shape index (κ1) is 29.6. The number of aromatic nitrogens is 2. The van der Waals surface area contributed by atoms with Crippen molar-refractivity contribution in [2.45, 2.75) is 11.3 Å². The Morgan fingerprint density at radius 3 is 2.49 bits per heavy atom. The molecule has 0 saturated carbocycles. The smallest absolute Gasteiger partial charge is 0.295 e. The third kappa shape index (κ3) is 7.12. The van der Waals surface area contributed by atoms with Gasteiger partial charge < -0.3 is 15.8 Å². The lowest BCUT2D eigenvalue weighted by Crippen LogP contribution is -2.25. The van der Waals surface area contributed by atoms with Crippen LogP contribution in [0.25, 0.3) is 22.0 Å². The molecule has 0 aliphatic heterocycles. The van der Waals surface area contributed by atoms with Crippen molar-refractivity contribution in [1.29, 1.82) is 0 Å². The average Bonchev–Trinajstić information content (AvgIpc) is 3.00. The lowest BCUT2D eigenvalue weighted by molar-refractivity contribution is 0.0951. The quantitative estimate of drug-likeness (QED) is 0.0532. The molecule has 5 aromatic rings. The number of halogens is 1. The van der Waals surface area contributed by atoms with Crippen molar-refractivity contribution in [3.05, 3.63) is 102 Å². The van der Waals surface area contributed by atoms with Crippen molar-refractivity contribution in [3.63, 3.8) is 0 Å². The van der Waals surface area contributed by atoms with E-state index in [0.29, 0.717) is 47.7 Å². The summed E-state index contributed by atoms with van der Waals surface area (Å²) in [4.78, 5) is 20.3. The van der Waals surface area contributed by atoms with Gasteiger partial charge in [-0.05, 0) is 48.9 Å². The van der Waals surface area contributed by atoms with Crippen molar-refractivity contribution in [2.24, 2.45) is 10.2 Å². The molecule has 1 amide bonds. The summed E-state index contributed by atoms with van der Waals surface area (Å²) in [6, 6.07) is 21.7. The number of nitrogen functional groups attached to an aromatic ring is 1. The first-order valence-electron chi connectivity index (χ1n) is 13.0. The fraction of sp³-hybridized carbons (Fsp3) is 0.100. The lowest BCUT2D eigenvalue weighted by Gasteiger charge is -2.12. The second kappa shape index (κ2) is 12.9. The zero-order chi connectivity index (χ0) is 30.4. The molecule has 2 heterocycles. The maximum Gasteiger partial charge on any atom is 0.295 e. The Bertz CT molecular complexity index is 1930. The molecule has 13 heteroatoms. The van der Waals surface area contributed by atoms with E-state index < -0.39 is 10.1 Å². The molecule has 0 saturated heterocycles. The van der Waals surface area contributed by atoms with Crippen LogP contribution in [0.15, 0.2) is 106 Å². The monoisotopic (exact) mass is 616 g/mol. The first-order valence-corrected chi connectivity index (χ1v) is 14.8. The molecule has 5 rings (SSSR count). The van der Waals surface area contributed by atoms with E-state index in [1.807, 2.05) is 24.3 Å². The third-order valence-electron chi connectivity index (χ3n) is 6.34. The van der Waals surface area contributed by atoms with Crippen LogP contribution in [-0.2, 0) is 10.1 Å². The van der Waals surface area contributed by atoms with Gasteiger partial charge in [0.15, 0.2) is 0 Å². The molecule has 0 aliphatic rings. The molecule has 2 aromatic heterocycles. The van der Waals surface area contributed by atoms with E-state index in [2.05, 4.69) is 25.5 Å². The number of anilines is 1. The van der Waals surface area contributed by atoms with Crippen LogP contribution in [0.4, 0.5) is 17.1 Å². The highest BCUT2D eigenvalue weighted by Gasteiger charge is 2.18. The zero-order valence-electron chi connectivity index (χ0n) is 22.5. The Morgan fingerprint density at radius 1 is 0.977 bits per heavy atom. The van der Waals surface area contributed by atoms with E-state index in [4.69, 9.17) is 22.1 Å². The van der Waals surface area contributed by atoms with Crippen LogP contribution in [0.1, 0.15) is 16.8 Å². The summed E-state index contributed by atoms with van der Waals surface area (Å²) >= 11 is 5.84. The van der Waals surface area contributed by atoms with Crippen LogP contribution in [0.2, 0.25) is 5.15 Å². The number of fused-ring (bicyclic) bond motifs is 1. The molecule has 11 nitrogen and oxygen atoms in total. The molecular weight excluding hydrogens is 592 g/mol. The van der Waals surface area contributed by atoms with E-state index in [-0.39, 0.29) is 32.7 Å². The highest BCUT2D eigenvalue weighted by atomic mass is 35.5. The maximum absolute atomic E-state index is 12.2. The summed E-state index contributed by atoms with van der Waals surface area (Å²) in [5, 5.41) is 12.1. The molecule has 0 atom stereocenters. The summed E-state index contributed by atoms with van der Waals surface area (Å²) in [6.07, 6.45) is 3.56. The number of azo groups is 1. The summed E-state index contributed by atoms with van der Waals surface area (Å²) in [5.41, 5.74) is 8.78. The van der Waals surface area contributed by atoms with Gasteiger partial charge in [-0.3, -0.25) is 14.3 Å². The zero-order valence-corrected chi connectivity index (χ0v) is 24.1. The highest BCUT2D eigenvalue weighted by Crippen LogP contribution is 2.37. The van der Waals surface area contributed by atoms with Gasteiger partial charge in [-0.1, -0.05) is 48.0 Å². The van der Waals surface area contributed by atoms with Gasteiger partial charge in [0.2, 0.25) is 0 Å². The number of nitrogens with one attached hydrogen (secondary N) is 1. The Morgan fingerprint density at radius 2 is 1.74 bits per heavy atom. The number of carbonyl (C=O) groups is 1. The number of benzene rings is 3. The van der Waals surface area contributed by atoms with Crippen LogP contribution in [0.5, 0.6) is 5.75 Å². The molecule has 3 aromatic carbocycles. The molecule has 43 heavy (non-hydrogen) atoms. The minimum absolute atomic E-state index is 0.0925. The molecule has 218 valence electrons. The maximum atomic E-state index is 12.2. The Labute approximate surface area is 252 Å². The van der Waals surface area contributed by atoms with Crippen molar-refractivity contribution in [2.75, 3.05) is 18.9 Å². The third-order valence-corrected chi connectivity index (χ3v) is 7.44. The fourth-order valence-corrected chi connectivity index (χ4v) is 5.16. The van der Waals surface area contributed by atoms with Gasteiger partial charge in [0.1, 0.15) is 27.2 Å².